The number of phenolic OH excluding ortho intramolecular Hbond substituents is 1. The lowest BCUT2D eigenvalue weighted by Gasteiger charge is -2.18. The van der Waals surface area contributed by atoms with E-state index in [2.05, 4.69) is 37.3 Å². The van der Waals surface area contributed by atoms with Gasteiger partial charge in [0, 0.05) is 0 Å². The lowest BCUT2D eigenvalue weighted by Crippen LogP contribution is -2.00. The zero-order valence-electron chi connectivity index (χ0n) is 11.8. The van der Waals surface area contributed by atoms with Crippen LogP contribution in [0, 0.1) is 5.92 Å². The van der Waals surface area contributed by atoms with E-state index in [1.807, 2.05) is 12.1 Å². The molecular weight excluding hydrogens is 244 g/mol. The summed E-state index contributed by atoms with van der Waals surface area (Å²) in [7, 11) is 0. The van der Waals surface area contributed by atoms with Gasteiger partial charge in [0.2, 0.25) is 0 Å². The Morgan fingerprint density at radius 2 is 1.40 bits per heavy atom. The van der Waals surface area contributed by atoms with Crippen LogP contribution in [0.4, 0.5) is 0 Å². The van der Waals surface area contributed by atoms with E-state index in [-0.39, 0.29) is 0 Å². The van der Waals surface area contributed by atoms with Crippen LogP contribution < -0.4 is 0 Å². The van der Waals surface area contributed by atoms with Gasteiger partial charge in [-0.1, -0.05) is 49.4 Å². The number of hydrogen-bond donors (Lipinski definition) is 1. The molecule has 1 aliphatic carbocycles. The Morgan fingerprint density at radius 1 is 0.850 bits per heavy atom. The van der Waals surface area contributed by atoms with Gasteiger partial charge in [0.05, 0.1) is 0 Å². The highest BCUT2D eigenvalue weighted by atomic mass is 16.3. The molecule has 0 aromatic heterocycles. The van der Waals surface area contributed by atoms with Crippen LogP contribution in [-0.4, -0.2) is 5.11 Å². The number of phenols is 1. The second-order valence-corrected chi connectivity index (χ2v) is 5.73. The molecule has 0 saturated heterocycles. The van der Waals surface area contributed by atoms with Crippen LogP contribution >= 0.6 is 0 Å². The molecule has 0 heterocycles. The quantitative estimate of drug-likeness (QED) is 0.784. The third-order valence-corrected chi connectivity index (χ3v) is 4.13. The van der Waals surface area contributed by atoms with Crippen LogP contribution in [0.1, 0.15) is 31.7 Å². The highest BCUT2D eigenvalue weighted by Crippen LogP contribution is 2.31. The van der Waals surface area contributed by atoms with E-state index in [1.165, 1.54) is 36.0 Å². The van der Waals surface area contributed by atoms with Crippen molar-refractivity contribution in [3.8, 4) is 16.9 Å². The molecule has 1 atom stereocenters. The van der Waals surface area contributed by atoms with E-state index in [9.17, 15) is 5.11 Å². The molecule has 0 amide bonds. The summed E-state index contributed by atoms with van der Waals surface area (Å²) in [5, 5.41) is 9.33. The highest BCUT2D eigenvalue weighted by molar-refractivity contribution is 5.71. The SMILES string of the molecule is CC1CC=C(c2ccc(-c3ccc(O)cc3)cc2)CC1. The molecule has 0 radical (unpaired) electrons. The smallest absolute Gasteiger partial charge is 0.115 e. The molecular formula is C19H20O. The second-order valence-electron chi connectivity index (χ2n) is 5.73. The third kappa shape index (κ3) is 2.77. The van der Waals surface area contributed by atoms with E-state index in [1.54, 1.807) is 12.1 Å². The molecule has 3 rings (SSSR count). The maximum atomic E-state index is 9.33. The molecule has 20 heavy (non-hydrogen) atoms. The van der Waals surface area contributed by atoms with Crippen molar-refractivity contribution in [2.45, 2.75) is 26.2 Å². The molecule has 0 fully saturated rings. The van der Waals surface area contributed by atoms with Gasteiger partial charge in [0.25, 0.3) is 0 Å². The van der Waals surface area contributed by atoms with E-state index in [0.717, 1.165) is 11.5 Å². The zero-order valence-corrected chi connectivity index (χ0v) is 11.8. The highest BCUT2D eigenvalue weighted by Gasteiger charge is 2.11. The molecule has 1 aliphatic rings. The minimum absolute atomic E-state index is 0.312. The summed E-state index contributed by atoms with van der Waals surface area (Å²) in [4.78, 5) is 0. The Bertz CT molecular complexity index is 605. The van der Waals surface area contributed by atoms with E-state index >= 15 is 0 Å². The van der Waals surface area contributed by atoms with Crippen molar-refractivity contribution in [1.82, 2.24) is 0 Å². The first-order chi connectivity index (χ1) is 9.72. The van der Waals surface area contributed by atoms with Crippen LogP contribution in [-0.2, 0) is 0 Å². The van der Waals surface area contributed by atoms with Crippen molar-refractivity contribution in [1.29, 1.82) is 0 Å². The number of rotatable bonds is 2. The van der Waals surface area contributed by atoms with Gasteiger partial charge in [-0.05, 0) is 59.6 Å². The molecule has 1 nitrogen and oxygen atoms in total. The first-order valence-electron chi connectivity index (χ1n) is 7.31. The molecule has 0 aliphatic heterocycles. The molecule has 2 aromatic rings. The molecule has 0 saturated carbocycles. The molecule has 1 heteroatoms. The largest absolute Gasteiger partial charge is 0.508 e. The van der Waals surface area contributed by atoms with Crippen molar-refractivity contribution in [2.24, 2.45) is 5.92 Å². The number of aromatic hydroxyl groups is 1. The van der Waals surface area contributed by atoms with Crippen molar-refractivity contribution >= 4 is 5.57 Å². The minimum Gasteiger partial charge on any atom is -0.508 e. The number of allylic oxidation sites excluding steroid dienone is 2. The fourth-order valence-corrected chi connectivity index (χ4v) is 2.76. The van der Waals surface area contributed by atoms with Crippen LogP contribution in [0.2, 0.25) is 0 Å². The summed E-state index contributed by atoms with van der Waals surface area (Å²) >= 11 is 0. The van der Waals surface area contributed by atoms with Crippen LogP contribution in [0.25, 0.3) is 16.7 Å². The molecule has 0 bridgehead atoms. The van der Waals surface area contributed by atoms with Gasteiger partial charge >= 0.3 is 0 Å². The molecule has 1 unspecified atom stereocenters. The van der Waals surface area contributed by atoms with Crippen LogP contribution in [0.3, 0.4) is 0 Å². The lowest BCUT2D eigenvalue weighted by molar-refractivity contribution is 0.475. The summed E-state index contributed by atoms with van der Waals surface area (Å²) in [6, 6.07) is 16.1. The maximum Gasteiger partial charge on any atom is 0.115 e. The second kappa shape index (κ2) is 5.54. The normalized spacial score (nSPS) is 18.6. The average molecular weight is 264 g/mol. The minimum atomic E-state index is 0.312. The molecule has 102 valence electrons. The van der Waals surface area contributed by atoms with Gasteiger partial charge in [0.15, 0.2) is 0 Å². The van der Waals surface area contributed by atoms with Crippen molar-refractivity contribution in [2.75, 3.05) is 0 Å². The van der Waals surface area contributed by atoms with Crippen molar-refractivity contribution in [3.05, 3.63) is 60.2 Å². The van der Waals surface area contributed by atoms with Gasteiger partial charge in [-0.3, -0.25) is 0 Å². The first kappa shape index (κ1) is 13.0. The number of benzene rings is 2. The molecule has 1 N–H and O–H groups in total. The molecule has 0 spiro atoms. The Kier molecular flexibility index (Phi) is 3.60. The standard InChI is InChI=1S/C19H20O/c1-14-2-4-15(5-3-14)16-6-8-17(9-7-16)18-10-12-19(20)13-11-18/h4,6-14,20H,2-3,5H2,1H3. The fraction of sp³-hybridized carbons (Fsp3) is 0.263. The summed E-state index contributed by atoms with van der Waals surface area (Å²) in [5.74, 6) is 1.14. The molecule has 2 aromatic carbocycles. The predicted octanol–water partition coefficient (Wildman–Crippen LogP) is 5.26. The van der Waals surface area contributed by atoms with Crippen LogP contribution in [0.5, 0.6) is 5.75 Å². The van der Waals surface area contributed by atoms with Gasteiger partial charge in [-0.2, -0.15) is 0 Å². The zero-order chi connectivity index (χ0) is 13.9. The Hall–Kier alpha value is -2.02. The van der Waals surface area contributed by atoms with Gasteiger partial charge < -0.3 is 5.11 Å². The average Bonchev–Trinajstić information content (AvgIpc) is 2.49. The third-order valence-electron chi connectivity index (χ3n) is 4.13. The maximum absolute atomic E-state index is 9.33. The number of hydrogen-bond acceptors (Lipinski definition) is 1. The van der Waals surface area contributed by atoms with Gasteiger partial charge in [0.1, 0.15) is 5.75 Å². The van der Waals surface area contributed by atoms with Crippen LogP contribution in [0.15, 0.2) is 54.6 Å². The van der Waals surface area contributed by atoms with E-state index < -0.39 is 0 Å². The summed E-state index contributed by atoms with van der Waals surface area (Å²) < 4.78 is 0. The predicted molar refractivity (Wildman–Crippen MR) is 84.5 cm³/mol. The van der Waals surface area contributed by atoms with E-state index in [0.29, 0.717) is 5.75 Å². The van der Waals surface area contributed by atoms with Crippen molar-refractivity contribution in [3.63, 3.8) is 0 Å². The summed E-state index contributed by atoms with van der Waals surface area (Å²) in [6.45, 7) is 2.32. The Labute approximate surface area is 120 Å². The Balaban J connectivity index is 1.83. The fourth-order valence-electron chi connectivity index (χ4n) is 2.76. The Morgan fingerprint density at radius 3 is 1.95 bits per heavy atom. The lowest BCUT2D eigenvalue weighted by atomic mass is 9.87. The van der Waals surface area contributed by atoms with Gasteiger partial charge in [-0.15, -0.1) is 0 Å². The van der Waals surface area contributed by atoms with Gasteiger partial charge in [-0.25, -0.2) is 0 Å². The topological polar surface area (TPSA) is 20.2 Å². The van der Waals surface area contributed by atoms with Crippen molar-refractivity contribution < 1.29 is 5.11 Å². The summed E-state index contributed by atoms with van der Waals surface area (Å²) in [5.41, 5.74) is 5.17. The first-order valence-corrected chi connectivity index (χ1v) is 7.31. The summed E-state index contributed by atoms with van der Waals surface area (Å²) in [6.07, 6.45) is 6.09. The van der Waals surface area contributed by atoms with E-state index in [4.69, 9.17) is 0 Å². The monoisotopic (exact) mass is 264 g/mol.